The molecule has 0 spiro atoms. The lowest BCUT2D eigenvalue weighted by molar-refractivity contribution is -0.141. The summed E-state index contributed by atoms with van der Waals surface area (Å²) < 4.78 is 11.6. The Bertz CT molecular complexity index is 845. The van der Waals surface area contributed by atoms with Crippen LogP contribution in [0.25, 0.3) is 5.57 Å². The van der Waals surface area contributed by atoms with E-state index in [1.165, 1.54) is 6.42 Å². The minimum Gasteiger partial charge on any atom is -0.491 e. The first-order valence-corrected chi connectivity index (χ1v) is 11.6. The van der Waals surface area contributed by atoms with E-state index in [0.717, 1.165) is 37.0 Å². The van der Waals surface area contributed by atoms with Crippen molar-refractivity contribution in [3.05, 3.63) is 35.5 Å². The van der Waals surface area contributed by atoms with E-state index < -0.39 is 0 Å². The number of imide groups is 1. The van der Waals surface area contributed by atoms with Gasteiger partial charge in [0.15, 0.2) is 0 Å². The highest BCUT2D eigenvalue weighted by molar-refractivity contribution is 6.35. The van der Waals surface area contributed by atoms with E-state index in [9.17, 15) is 9.59 Å². The monoisotopic (exact) mass is 426 g/mol. The van der Waals surface area contributed by atoms with Crippen LogP contribution < -0.4 is 4.74 Å². The van der Waals surface area contributed by atoms with Crippen LogP contribution in [0.4, 0.5) is 0 Å². The quantitative estimate of drug-likeness (QED) is 0.666. The highest BCUT2D eigenvalue weighted by Crippen LogP contribution is 2.37. The number of morpholine rings is 1. The lowest BCUT2D eigenvalue weighted by Gasteiger charge is -2.37. The summed E-state index contributed by atoms with van der Waals surface area (Å²) in [6.45, 7) is 9.21. The van der Waals surface area contributed by atoms with Crippen molar-refractivity contribution < 1.29 is 19.1 Å². The Labute approximate surface area is 185 Å². The first-order valence-electron chi connectivity index (χ1n) is 11.6. The molecule has 2 heterocycles. The molecular formula is C25H34N2O4. The highest BCUT2D eigenvalue weighted by atomic mass is 16.5. The van der Waals surface area contributed by atoms with Crippen LogP contribution in [0, 0.1) is 0 Å². The van der Waals surface area contributed by atoms with Gasteiger partial charge in [-0.1, -0.05) is 31.4 Å². The topological polar surface area (TPSA) is 59.1 Å². The van der Waals surface area contributed by atoms with Crippen molar-refractivity contribution in [3.63, 3.8) is 0 Å². The molecule has 1 aromatic carbocycles. The second-order valence-corrected chi connectivity index (χ2v) is 9.35. The zero-order valence-corrected chi connectivity index (χ0v) is 19.1. The molecule has 6 heteroatoms. The van der Waals surface area contributed by atoms with Crippen LogP contribution in [-0.2, 0) is 14.3 Å². The molecule has 1 aliphatic carbocycles. The maximum atomic E-state index is 13.7. The second kappa shape index (κ2) is 9.03. The van der Waals surface area contributed by atoms with Crippen molar-refractivity contribution in [1.82, 2.24) is 9.80 Å². The third-order valence-corrected chi connectivity index (χ3v) is 6.28. The van der Waals surface area contributed by atoms with Gasteiger partial charge < -0.3 is 14.4 Å². The molecule has 0 radical (unpaired) electrons. The number of carbonyl (C=O) groups excluding carboxylic acids is 2. The number of hydrogen-bond donors (Lipinski definition) is 0. The molecule has 0 N–H and O–H groups in total. The number of rotatable bonds is 5. The molecule has 3 aliphatic rings. The van der Waals surface area contributed by atoms with E-state index in [1.807, 2.05) is 52.0 Å². The first kappa shape index (κ1) is 21.9. The number of amides is 2. The number of carbonyl (C=O) groups is 2. The fourth-order valence-electron chi connectivity index (χ4n) is 5.09. The summed E-state index contributed by atoms with van der Waals surface area (Å²) in [5.41, 5.74) is 1.83. The van der Waals surface area contributed by atoms with Gasteiger partial charge in [0.05, 0.1) is 23.9 Å². The van der Waals surface area contributed by atoms with Gasteiger partial charge in [-0.2, -0.15) is 0 Å². The van der Waals surface area contributed by atoms with Crippen LogP contribution in [0.1, 0.15) is 65.4 Å². The molecule has 2 atom stereocenters. The summed E-state index contributed by atoms with van der Waals surface area (Å²) in [5.74, 6) is 0.461. The predicted molar refractivity (Wildman–Crippen MR) is 119 cm³/mol. The lowest BCUT2D eigenvalue weighted by atomic mass is 9.94. The summed E-state index contributed by atoms with van der Waals surface area (Å²) in [5, 5.41) is 0. The molecule has 31 heavy (non-hydrogen) atoms. The van der Waals surface area contributed by atoms with E-state index in [1.54, 1.807) is 4.90 Å². The minimum atomic E-state index is -0.156. The van der Waals surface area contributed by atoms with Crippen LogP contribution in [0.3, 0.4) is 0 Å². The van der Waals surface area contributed by atoms with E-state index in [2.05, 4.69) is 4.90 Å². The van der Waals surface area contributed by atoms with Crippen molar-refractivity contribution in [2.45, 2.75) is 84.2 Å². The summed E-state index contributed by atoms with van der Waals surface area (Å²) in [6.07, 6.45) is 5.20. The molecule has 4 rings (SSSR count). The smallest absolute Gasteiger partial charge is 0.278 e. The lowest BCUT2D eigenvalue weighted by Crippen LogP contribution is -2.48. The fourth-order valence-corrected chi connectivity index (χ4v) is 5.09. The Balaban J connectivity index is 1.72. The van der Waals surface area contributed by atoms with Gasteiger partial charge in [-0.05, 0) is 58.2 Å². The number of ether oxygens (including phenoxy) is 2. The molecule has 168 valence electrons. The van der Waals surface area contributed by atoms with Crippen LogP contribution in [0.5, 0.6) is 5.75 Å². The van der Waals surface area contributed by atoms with Crippen LogP contribution in [0.15, 0.2) is 30.0 Å². The molecule has 6 nitrogen and oxygen atoms in total. The third kappa shape index (κ3) is 4.49. The molecule has 2 unspecified atom stereocenters. The number of nitrogens with zero attached hydrogens (tertiary/aromatic N) is 2. The average Bonchev–Trinajstić information content (AvgIpc) is 2.98. The standard InChI is InChI=1S/C25H34N2O4/c1-16(2)30-21-12-10-19(11-13-21)22-23(26-14-17(3)31-18(4)15-26)25(29)27(24(22)28)20-8-6-5-7-9-20/h10-13,16-18,20H,5-9,14-15H2,1-4H3. The Morgan fingerprint density at radius 2 is 1.55 bits per heavy atom. The summed E-state index contributed by atoms with van der Waals surface area (Å²) in [4.78, 5) is 30.9. The molecular weight excluding hydrogens is 392 g/mol. The van der Waals surface area contributed by atoms with Crippen LogP contribution >= 0.6 is 0 Å². The average molecular weight is 427 g/mol. The summed E-state index contributed by atoms with van der Waals surface area (Å²) in [6, 6.07) is 7.56. The van der Waals surface area contributed by atoms with Gasteiger partial charge in [0.1, 0.15) is 11.4 Å². The van der Waals surface area contributed by atoms with E-state index in [-0.39, 0.29) is 36.2 Å². The van der Waals surface area contributed by atoms with Gasteiger partial charge in [0.2, 0.25) is 0 Å². The van der Waals surface area contributed by atoms with Crippen LogP contribution in [0.2, 0.25) is 0 Å². The van der Waals surface area contributed by atoms with Gasteiger partial charge in [-0.3, -0.25) is 14.5 Å². The van der Waals surface area contributed by atoms with Gasteiger partial charge in [-0.25, -0.2) is 0 Å². The van der Waals surface area contributed by atoms with Gasteiger partial charge in [-0.15, -0.1) is 0 Å². The maximum absolute atomic E-state index is 13.7. The number of benzene rings is 1. The van der Waals surface area contributed by atoms with Crippen LogP contribution in [-0.4, -0.2) is 59.1 Å². The van der Waals surface area contributed by atoms with Crippen molar-refractivity contribution in [1.29, 1.82) is 0 Å². The Hall–Kier alpha value is -2.34. The zero-order valence-electron chi connectivity index (χ0n) is 19.1. The maximum Gasteiger partial charge on any atom is 0.278 e. The minimum absolute atomic E-state index is 0.000634. The SMILES string of the molecule is CC(C)Oc1ccc(C2=C(N3CC(C)OC(C)C3)C(=O)N(C3CCCCC3)C2=O)cc1. The second-order valence-electron chi connectivity index (χ2n) is 9.35. The normalized spacial score (nSPS) is 25.7. The first-order chi connectivity index (χ1) is 14.8. The Morgan fingerprint density at radius 1 is 0.935 bits per heavy atom. The van der Waals surface area contributed by atoms with Gasteiger partial charge >= 0.3 is 0 Å². The van der Waals surface area contributed by atoms with Gasteiger partial charge in [0, 0.05) is 19.1 Å². The Morgan fingerprint density at radius 3 is 2.13 bits per heavy atom. The molecule has 2 amide bonds. The summed E-state index contributed by atoms with van der Waals surface area (Å²) in [7, 11) is 0. The predicted octanol–water partition coefficient (Wildman–Crippen LogP) is 4.00. The van der Waals surface area contributed by atoms with E-state index in [4.69, 9.17) is 9.47 Å². The molecule has 2 aliphatic heterocycles. The van der Waals surface area contributed by atoms with Gasteiger partial charge in [0.25, 0.3) is 11.8 Å². The molecule has 1 saturated carbocycles. The molecule has 1 aromatic rings. The van der Waals surface area contributed by atoms with Crippen molar-refractivity contribution in [2.75, 3.05) is 13.1 Å². The van der Waals surface area contributed by atoms with Crippen molar-refractivity contribution >= 4 is 17.4 Å². The number of hydrogen-bond acceptors (Lipinski definition) is 5. The molecule has 2 fully saturated rings. The van der Waals surface area contributed by atoms with Crippen molar-refractivity contribution in [2.24, 2.45) is 0 Å². The third-order valence-electron chi connectivity index (χ3n) is 6.28. The van der Waals surface area contributed by atoms with E-state index >= 15 is 0 Å². The fraction of sp³-hybridized carbons (Fsp3) is 0.600. The molecule has 0 bridgehead atoms. The summed E-state index contributed by atoms with van der Waals surface area (Å²) >= 11 is 0. The largest absolute Gasteiger partial charge is 0.491 e. The van der Waals surface area contributed by atoms with E-state index in [0.29, 0.717) is 24.4 Å². The highest BCUT2D eigenvalue weighted by Gasteiger charge is 2.45. The molecule has 1 saturated heterocycles. The molecule has 0 aromatic heterocycles. The van der Waals surface area contributed by atoms with Crippen molar-refractivity contribution in [3.8, 4) is 5.75 Å². The zero-order chi connectivity index (χ0) is 22.1. The Kier molecular flexibility index (Phi) is 6.37.